The molecule has 0 saturated carbocycles. The van der Waals surface area contributed by atoms with Crippen LogP contribution in [0, 0.1) is 6.92 Å². The molecule has 27 heavy (non-hydrogen) atoms. The van der Waals surface area contributed by atoms with Crippen LogP contribution in [0.4, 0.5) is 0 Å². The minimum absolute atomic E-state index is 0.157. The molecule has 0 aliphatic heterocycles. The monoisotopic (exact) mass is 361 g/mol. The van der Waals surface area contributed by atoms with Crippen molar-refractivity contribution in [3.8, 4) is 11.5 Å². The van der Waals surface area contributed by atoms with Gasteiger partial charge in [0.25, 0.3) is 5.91 Å². The standard InChI is InChI=1S/C20H19N5O2/c1-13-18-15(20(26)22-9-7-14-5-3-8-21-12-14)11-16(17-6-4-10-27-17)23-19(18)25(2)24-13/h3-6,8,10-12H,7,9H2,1-2H3,(H,22,26). The molecule has 0 radical (unpaired) electrons. The van der Waals surface area contributed by atoms with Gasteiger partial charge < -0.3 is 9.73 Å². The number of nitrogens with one attached hydrogen (secondary N) is 1. The molecular weight excluding hydrogens is 342 g/mol. The van der Waals surface area contributed by atoms with E-state index in [9.17, 15) is 4.79 Å². The molecule has 1 amide bonds. The van der Waals surface area contributed by atoms with Gasteiger partial charge in [-0.1, -0.05) is 6.07 Å². The largest absolute Gasteiger partial charge is 0.463 e. The summed E-state index contributed by atoms with van der Waals surface area (Å²) in [7, 11) is 1.82. The quantitative estimate of drug-likeness (QED) is 0.591. The molecule has 7 nitrogen and oxygen atoms in total. The van der Waals surface area contributed by atoms with Crippen molar-refractivity contribution in [3.05, 3.63) is 65.8 Å². The fourth-order valence-electron chi connectivity index (χ4n) is 3.14. The molecule has 136 valence electrons. The van der Waals surface area contributed by atoms with Crippen LogP contribution in [0.3, 0.4) is 0 Å². The lowest BCUT2D eigenvalue weighted by Crippen LogP contribution is -2.26. The minimum atomic E-state index is -0.157. The summed E-state index contributed by atoms with van der Waals surface area (Å²) in [5.74, 6) is 0.454. The average Bonchev–Trinajstić information content (AvgIpc) is 3.31. The van der Waals surface area contributed by atoms with Crippen molar-refractivity contribution >= 4 is 16.9 Å². The first-order valence-corrected chi connectivity index (χ1v) is 8.69. The van der Waals surface area contributed by atoms with E-state index in [0.717, 1.165) is 16.6 Å². The van der Waals surface area contributed by atoms with Crippen LogP contribution in [0.5, 0.6) is 0 Å². The van der Waals surface area contributed by atoms with Crippen molar-refractivity contribution in [2.24, 2.45) is 7.05 Å². The van der Waals surface area contributed by atoms with Crippen LogP contribution in [0.1, 0.15) is 21.6 Å². The predicted octanol–water partition coefficient (Wildman–Crippen LogP) is 2.90. The second-order valence-electron chi connectivity index (χ2n) is 6.31. The molecule has 0 fully saturated rings. The number of carbonyl (C=O) groups excluding carboxylic acids is 1. The van der Waals surface area contributed by atoms with Gasteiger partial charge >= 0.3 is 0 Å². The van der Waals surface area contributed by atoms with Gasteiger partial charge in [0.05, 0.1) is 22.9 Å². The zero-order valence-corrected chi connectivity index (χ0v) is 15.1. The van der Waals surface area contributed by atoms with Gasteiger partial charge in [0.1, 0.15) is 5.69 Å². The van der Waals surface area contributed by atoms with Gasteiger partial charge in [0, 0.05) is 26.0 Å². The highest BCUT2D eigenvalue weighted by Gasteiger charge is 2.19. The summed E-state index contributed by atoms with van der Waals surface area (Å²) >= 11 is 0. The summed E-state index contributed by atoms with van der Waals surface area (Å²) in [4.78, 5) is 21.6. The molecule has 0 bridgehead atoms. The fourth-order valence-corrected chi connectivity index (χ4v) is 3.14. The Bertz CT molecular complexity index is 1080. The summed E-state index contributed by atoms with van der Waals surface area (Å²) < 4.78 is 7.14. The second kappa shape index (κ2) is 7.03. The number of furan rings is 1. The van der Waals surface area contributed by atoms with Gasteiger partial charge in [-0.15, -0.1) is 0 Å². The Labute approximate surface area is 156 Å². The van der Waals surface area contributed by atoms with Gasteiger partial charge in [-0.25, -0.2) is 4.98 Å². The van der Waals surface area contributed by atoms with Crippen LogP contribution in [0.2, 0.25) is 0 Å². The summed E-state index contributed by atoms with van der Waals surface area (Å²) in [5, 5.41) is 8.16. The zero-order valence-electron chi connectivity index (χ0n) is 15.1. The average molecular weight is 361 g/mol. The third-order valence-electron chi connectivity index (χ3n) is 4.41. The van der Waals surface area contributed by atoms with Crippen molar-refractivity contribution < 1.29 is 9.21 Å². The molecule has 0 aliphatic rings. The summed E-state index contributed by atoms with van der Waals surface area (Å²) in [6.07, 6.45) is 5.84. The van der Waals surface area contributed by atoms with Crippen LogP contribution < -0.4 is 5.32 Å². The maximum atomic E-state index is 12.9. The van der Waals surface area contributed by atoms with Crippen LogP contribution in [0.25, 0.3) is 22.5 Å². The van der Waals surface area contributed by atoms with Gasteiger partial charge in [0.15, 0.2) is 11.4 Å². The smallest absolute Gasteiger partial charge is 0.252 e. The summed E-state index contributed by atoms with van der Waals surface area (Å²) in [6, 6.07) is 9.25. The number of nitrogens with zero attached hydrogens (tertiary/aromatic N) is 4. The SMILES string of the molecule is Cc1nn(C)c2nc(-c3ccco3)cc(C(=O)NCCc3cccnc3)c12. The lowest BCUT2D eigenvalue weighted by atomic mass is 10.1. The maximum absolute atomic E-state index is 12.9. The van der Waals surface area contributed by atoms with Crippen LogP contribution in [-0.4, -0.2) is 32.2 Å². The lowest BCUT2D eigenvalue weighted by Gasteiger charge is -2.08. The Morgan fingerprint density at radius 2 is 2.19 bits per heavy atom. The molecule has 0 unspecified atom stereocenters. The van der Waals surface area contributed by atoms with E-state index in [2.05, 4.69) is 20.4 Å². The second-order valence-corrected chi connectivity index (χ2v) is 6.31. The number of fused-ring (bicyclic) bond motifs is 1. The van der Waals surface area contributed by atoms with Crippen LogP contribution in [0.15, 0.2) is 53.4 Å². The number of hydrogen-bond donors (Lipinski definition) is 1. The van der Waals surface area contributed by atoms with E-state index in [-0.39, 0.29) is 5.91 Å². The number of carbonyl (C=O) groups is 1. The number of amides is 1. The summed E-state index contributed by atoms with van der Waals surface area (Å²) in [5.41, 5.74) is 3.64. The third kappa shape index (κ3) is 3.31. The van der Waals surface area contributed by atoms with E-state index in [0.29, 0.717) is 35.6 Å². The van der Waals surface area contributed by atoms with Gasteiger partial charge in [-0.05, 0) is 43.2 Å². The Kier molecular flexibility index (Phi) is 4.42. The Hall–Kier alpha value is -3.48. The molecular formula is C20H19N5O2. The fraction of sp³-hybridized carbons (Fsp3) is 0.200. The van der Waals surface area contributed by atoms with Crippen molar-refractivity contribution in [2.45, 2.75) is 13.3 Å². The van der Waals surface area contributed by atoms with Crippen LogP contribution in [-0.2, 0) is 13.5 Å². The first-order chi connectivity index (χ1) is 13.1. The number of aryl methyl sites for hydroxylation is 2. The number of aromatic nitrogens is 4. The van der Waals surface area contributed by atoms with E-state index in [1.807, 2.05) is 32.2 Å². The van der Waals surface area contributed by atoms with E-state index >= 15 is 0 Å². The molecule has 0 spiro atoms. The highest BCUT2D eigenvalue weighted by molar-refractivity contribution is 6.07. The molecule has 0 saturated heterocycles. The van der Waals surface area contributed by atoms with Gasteiger partial charge in [-0.3, -0.25) is 14.5 Å². The molecule has 4 aromatic rings. The third-order valence-corrected chi connectivity index (χ3v) is 4.41. The molecule has 7 heteroatoms. The number of rotatable bonds is 5. The normalized spacial score (nSPS) is 11.0. The molecule has 4 aromatic heterocycles. The molecule has 4 rings (SSSR count). The highest BCUT2D eigenvalue weighted by atomic mass is 16.3. The molecule has 0 aromatic carbocycles. The van der Waals surface area contributed by atoms with Crippen molar-refractivity contribution in [1.29, 1.82) is 0 Å². The first-order valence-electron chi connectivity index (χ1n) is 8.69. The van der Waals surface area contributed by atoms with E-state index < -0.39 is 0 Å². The number of pyridine rings is 2. The van der Waals surface area contributed by atoms with Gasteiger partial charge in [0.2, 0.25) is 0 Å². The maximum Gasteiger partial charge on any atom is 0.252 e. The molecule has 4 heterocycles. The zero-order chi connectivity index (χ0) is 18.8. The van der Waals surface area contributed by atoms with Crippen molar-refractivity contribution in [1.82, 2.24) is 25.1 Å². The number of hydrogen-bond acceptors (Lipinski definition) is 5. The summed E-state index contributed by atoms with van der Waals surface area (Å²) in [6.45, 7) is 2.40. The minimum Gasteiger partial charge on any atom is -0.463 e. The van der Waals surface area contributed by atoms with Crippen molar-refractivity contribution in [2.75, 3.05) is 6.54 Å². The predicted molar refractivity (Wildman–Crippen MR) is 101 cm³/mol. The molecule has 0 aliphatic carbocycles. The van der Waals surface area contributed by atoms with Gasteiger partial charge in [-0.2, -0.15) is 5.10 Å². The van der Waals surface area contributed by atoms with Crippen LogP contribution >= 0.6 is 0 Å². The lowest BCUT2D eigenvalue weighted by molar-refractivity contribution is 0.0955. The van der Waals surface area contributed by atoms with E-state index in [1.165, 1.54) is 0 Å². The topological polar surface area (TPSA) is 85.8 Å². The Balaban J connectivity index is 1.66. The molecule has 1 N–H and O–H groups in total. The van der Waals surface area contributed by atoms with E-state index in [4.69, 9.17) is 4.42 Å². The van der Waals surface area contributed by atoms with E-state index in [1.54, 1.807) is 35.5 Å². The highest BCUT2D eigenvalue weighted by Crippen LogP contribution is 2.27. The first kappa shape index (κ1) is 17.0. The Morgan fingerprint density at radius 3 is 2.93 bits per heavy atom. The molecule has 0 atom stereocenters. The Morgan fingerprint density at radius 1 is 1.30 bits per heavy atom. The van der Waals surface area contributed by atoms with Crippen molar-refractivity contribution in [3.63, 3.8) is 0 Å².